The van der Waals surface area contributed by atoms with Crippen molar-refractivity contribution in [1.82, 2.24) is 5.32 Å². The molecule has 0 aliphatic heterocycles. The number of hydrogen-bond donors (Lipinski definition) is 1. The third kappa shape index (κ3) is 14.9. The van der Waals surface area contributed by atoms with Crippen LogP contribution in [0.1, 0.15) is 71.1 Å². The summed E-state index contributed by atoms with van der Waals surface area (Å²) >= 11 is 0. The van der Waals surface area contributed by atoms with Crippen molar-refractivity contribution >= 4 is 12.4 Å². The maximum Gasteiger partial charge on any atom is 0.325 e. The van der Waals surface area contributed by atoms with Gasteiger partial charge in [-0.1, -0.05) is 64.7 Å². The first kappa shape index (κ1) is 17.9. The van der Waals surface area contributed by atoms with Crippen LogP contribution in [0.25, 0.3) is 0 Å². The van der Waals surface area contributed by atoms with Gasteiger partial charge in [0.2, 0.25) is 6.41 Å². The first-order chi connectivity index (χ1) is 9.31. The fourth-order valence-corrected chi connectivity index (χ4v) is 1.95. The van der Waals surface area contributed by atoms with Crippen molar-refractivity contribution in [3.63, 3.8) is 0 Å². The maximum atomic E-state index is 11.0. The molecule has 4 nitrogen and oxygen atoms in total. The largest absolute Gasteiger partial charge is 0.464 e. The van der Waals surface area contributed by atoms with E-state index in [1.54, 1.807) is 0 Å². The summed E-state index contributed by atoms with van der Waals surface area (Å²) in [5, 5.41) is 2.28. The van der Waals surface area contributed by atoms with Crippen LogP contribution in [0.2, 0.25) is 0 Å². The van der Waals surface area contributed by atoms with Crippen LogP contribution in [0.4, 0.5) is 0 Å². The zero-order valence-corrected chi connectivity index (χ0v) is 12.3. The zero-order chi connectivity index (χ0) is 14.2. The van der Waals surface area contributed by atoms with Crippen molar-refractivity contribution in [3.8, 4) is 0 Å². The van der Waals surface area contributed by atoms with Gasteiger partial charge in [0, 0.05) is 0 Å². The van der Waals surface area contributed by atoms with Crippen LogP contribution in [-0.4, -0.2) is 25.5 Å². The minimum absolute atomic E-state index is 0.0265. The van der Waals surface area contributed by atoms with Crippen LogP contribution in [0.15, 0.2) is 0 Å². The Morgan fingerprint density at radius 2 is 1.47 bits per heavy atom. The standard InChI is InChI=1S/C15H29NO3/c1-2-3-4-5-6-7-8-9-10-11-12-19-15(18)13-16-14-17/h14H,2-13H2,1H3,(H,16,17). The molecule has 0 aromatic heterocycles. The van der Waals surface area contributed by atoms with E-state index in [4.69, 9.17) is 4.74 Å². The fourth-order valence-electron chi connectivity index (χ4n) is 1.95. The number of ether oxygens (including phenoxy) is 1. The van der Waals surface area contributed by atoms with E-state index in [1.165, 1.54) is 51.4 Å². The van der Waals surface area contributed by atoms with E-state index in [2.05, 4.69) is 12.2 Å². The first-order valence-corrected chi connectivity index (χ1v) is 7.64. The van der Waals surface area contributed by atoms with Crippen molar-refractivity contribution in [1.29, 1.82) is 0 Å². The smallest absolute Gasteiger partial charge is 0.325 e. The molecule has 0 fully saturated rings. The quantitative estimate of drug-likeness (QED) is 0.300. The Labute approximate surface area is 117 Å². The lowest BCUT2D eigenvalue weighted by atomic mass is 10.1. The molecule has 0 radical (unpaired) electrons. The van der Waals surface area contributed by atoms with Crippen molar-refractivity contribution < 1.29 is 14.3 Å². The van der Waals surface area contributed by atoms with Gasteiger partial charge in [0.25, 0.3) is 0 Å². The van der Waals surface area contributed by atoms with Crippen LogP contribution in [-0.2, 0) is 14.3 Å². The number of carbonyl (C=O) groups excluding carboxylic acids is 2. The number of esters is 1. The lowest BCUT2D eigenvalue weighted by molar-refractivity contribution is -0.143. The van der Waals surface area contributed by atoms with Gasteiger partial charge in [0.1, 0.15) is 6.54 Å². The van der Waals surface area contributed by atoms with E-state index in [0.717, 1.165) is 12.8 Å². The van der Waals surface area contributed by atoms with E-state index < -0.39 is 0 Å². The molecule has 1 amide bonds. The highest BCUT2D eigenvalue weighted by molar-refractivity contribution is 5.73. The Morgan fingerprint density at radius 1 is 0.947 bits per heavy atom. The third-order valence-electron chi connectivity index (χ3n) is 3.09. The van der Waals surface area contributed by atoms with Gasteiger partial charge in [-0.3, -0.25) is 9.59 Å². The summed E-state index contributed by atoms with van der Waals surface area (Å²) in [6.07, 6.45) is 13.1. The van der Waals surface area contributed by atoms with Crippen LogP contribution in [0, 0.1) is 0 Å². The lowest BCUT2D eigenvalue weighted by Gasteiger charge is -2.04. The van der Waals surface area contributed by atoms with E-state index in [1.807, 2.05) is 0 Å². The predicted molar refractivity (Wildman–Crippen MR) is 76.9 cm³/mol. The summed E-state index contributed by atoms with van der Waals surface area (Å²) in [5.74, 6) is -0.358. The molecule has 0 saturated carbocycles. The van der Waals surface area contributed by atoms with E-state index in [-0.39, 0.29) is 12.5 Å². The second kappa shape index (κ2) is 15.0. The van der Waals surface area contributed by atoms with Gasteiger partial charge in [-0.05, 0) is 6.42 Å². The summed E-state index contributed by atoms with van der Waals surface area (Å²) in [7, 11) is 0. The molecule has 0 aliphatic carbocycles. The highest BCUT2D eigenvalue weighted by Crippen LogP contribution is 2.10. The minimum atomic E-state index is -0.358. The number of amides is 1. The number of nitrogens with one attached hydrogen (secondary N) is 1. The molecule has 0 unspecified atom stereocenters. The monoisotopic (exact) mass is 271 g/mol. The molecule has 0 heterocycles. The minimum Gasteiger partial charge on any atom is -0.464 e. The van der Waals surface area contributed by atoms with Gasteiger partial charge in [0.15, 0.2) is 0 Å². The molecule has 0 aromatic carbocycles. The van der Waals surface area contributed by atoms with Crippen LogP contribution < -0.4 is 5.32 Å². The second-order valence-corrected chi connectivity index (χ2v) is 4.90. The fraction of sp³-hybridized carbons (Fsp3) is 0.867. The molecule has 0 rings (SSSR count). The molecule has 0 saturated heterocycles. The Bertz CT molecular complexity index is 219. The summed E-state index contributed by atoms with van der Waals surface area (Å²) in [5.41, 5.74) is 0. The van der Waals surface area contributed by atoms with Crippen LogP contribution in [0.3, 0.4) is 0 Å². The summed E-state index contributed by atoms with van der Waals surface area (Å²) < 4.78 is 4.96. The lowest BCUT2D eigenvalue weighted by Crippen LogP contribution is -2.23. The van der Waals surface area contributed by atoms with Gasteiger partial charge in [-0.25, -0.2) is 0 Å². The molecule has 0 spiro atoms. The molecule has 4 heteroatoms. The van der Waals surface area contributed by atoms with Gasteiger partial charge in [-0.15, -0.1) is 0 Å². The summed E-state index contributed by atoms with van der Waals surface area (Å²) in [6.45, 7) is 2.68. The Balaban J connectivity index is 3.06. The molecule has 19 heavy (non-hydrogen) atoms. The number of unbranched alkanes of at least 4 members (excludes halogenated alkanes) is 9. The highest BCUT2D eigenvalue weighted by atomic mass is 16.5. The zero-order valence-electron chi connectivity index (χ0n) is 12.3. The van der Waals surface area contributed by atoms with Crippen molar-refractivity contribution in [2.45, 2.75) is 71.1 Å². The average molecular weight is 271 g/mol. The number of hydrogen-bond acceptors (Lipinski definition) is 3. The third-order valence-corrected chi connectivity index (χ3v) is 3.09. The van der Waals surface area contributed by atoms with Gasteiger partial charge in [-0.2, -0.15) is 0 Å². The maximum absolute atomic E-state index is 11.0. The van der Waals surface area contributed by atoms with Gasteiger partial charge >= 0.3 is 5.97 Å². The average Bonchev–Trinajstić information content (AvgIpc) is 2.42. The molecule has 1 N–H and O–H groups in total. The normalized spacial score (nSPS) is 10.2. The second-order valence-electron chi connectivity index (χ2n) is 4.90. The predicted octanol–water partition coefficient (Wildman–Crippen LogP) is 3.20. The molecule has 0 atom stereocenters. The Hall–Kier alpha value is -1.06. The van der Waals surface area contributed by atoms with E-state index in [9.17, 15) is 9.59 Å². The van der Waals surface area contributed by atoms with Crippen molar-refractivity contribution in [2.75, 3.05) is 13.2 Å². The Morgan fingerprint density at radius 3 is 2.00 bits per heavy atom. The van der Waals surface area contributed by atoms with Crippen molar-refractivity contribution in [2.24, 2.45) is 0 Å². The molecule has 0 bridgehead atoms. The van der Waals surface area contributed by atoms with Crippen LogP contribution >= 0.6 is 0 Å². The van der Waals surface area contributed by atoms with Crippen LogP contribution in [0.5, 0.6) is 0 Å². The highest BCUT2D eigenvalue weighted by Gasteiger charge is 2.00. The molecular formula is C15H29NO3. The SMILES string of the molecule is CCCCCCCCCCCCOC(=O)CNC=O. The summed E-state index contributed by atoms with van der Waals surface area (Å²) in [4.78, 5) is 21.0. The molecule has 0 aromatic rings. The van der Waals surface area contributed by atoms with Crippen molar-refractivity contribution in [3.05, 3.63) is 0 Å². The van der Waals surface area contributed by atoms with Gasteiger partial charge < -0.3 is 10.1 Å². The molecule has 112 valence electrons. The van der Waals surface area contributed by atoms with E-state index >= 15 is 0 Å². The molecular weight excluding hydrogens is 242 g/mol. The summed E-state index contributed by atoms with van der Waals surface area (Å²) in [6, 6.07) is 0. The van der Waals surface area contributed by atoms with Gasteiger partial charge in [0.05, 0.1) is 6.61 Å². The first-order valence-electron chi connectivity index (χ1n) is 7.64. The Kier molecular flexibility index (Phi) is 14.2. The molecule has 0 aliphatic rings. The number of carbonyl (C=O) groups is 2. The van der Waals surface area contributed by atoms with E-state index in [0.29, 0.717) is 13.0 Å². The number of rotatable bonds is 14. The topological polar surface area (TPSA) is 55.4 Å².